The molecule has 0 bridgehead atoms. The number of carbonyl (C=O) groups excluding carboxylic acids is 1. The van der Waals surface area contributed by atoms with Crippen LogP contribution in [0.15, 0.2) is 17.1 Å². The second-order valence-electron chi connectivity index (χ2n) is 5.62. The molecular formula is C16H11Cl2F4N5O. The Morgan fingerprint density at radius 3 is 2.36 bits per heavy atom. The van der Waals surface area contributed by atoms with Gasteiger partial charge in [0.25, 0.3) is 0 Å². The SMILES string of the molecule is CN(C)/C=N\c1c(C(=O)CF)c(C#N)nn1-c1c(Cl)cc(C(F)(F)F)cc1Cl. The number of aliphatic imine (C=N–C) groups is 1. The van der Waals surface area contributed by atoms with E-state index in [0.29, 0.717) is 12.1 Å². The molecule has 1 heterocycles. The molecular weight excluding hydrogens is 425 g/mol. The second kappa shape index (κ2) is 8.16. The quantitative estimate of drug-likeness (QED) is 0.301. The Morgan fingerprint density at radius 2 is 1.93 bits per heavy atom. The summed E-state index contributed by atoms with van der Waals surface area (Å²) in [6.07, 6.45) is -3.47. The number of nitriles is 1. The molecule has 0 spiro atoms. The largest absolute Gasteiger partial charge is 0.416 e. The standard InChI is InChI=1S/C16H11Cl2F4N5O/c1-26(2)7-24-15-13(12(28)5-19)11(6-23)25-27(15)14-9(17)3-8(4-10(14)18)16(20,21)22/h3-4,7H,5H2,1-2H3/b24-7-. The van der Waals surface area contributed by atoms with Crippen LogP contribution in [-0.2, 0) is 6.18 Å². The highest BCUT2D eigenvalue weighted by molar-refractivity contribution is 6.38. The normalized spacial score (nSPS) is 11.7. The Labute approximate surface area is 166 Å². The minimum Gasteiger partial charge on any atom is -0.369 e. The van der Waals surface area contributed by atoms with Crippen LogP contribution in [-0.4, -0.2) is 47.6 Å². The highest BCUT2D eigenvalue weighted by Crippen LogP contribution is 2.39. The van der Waals surface area contributed by atoms with E-state index in [9.17, 15) is 27.6 Å². The zero-order chi connectivity index (χ0) is 21.2. The number of alkyl halides is 4. The Kier molecular flexibility index (Phi) is 6.31. The number of benzene rings is 1. The van der Waals surface area contributed by atoms with Gasteiger partial charge in [0, 0.05) is 14.1 Å². The van der Waals surface area contributed by atoms with Crippen molar-refractivity contribution in [2.24, 2.45) is 4.99 Å². The molecule has 0 amide bonds. The lowest BCUT2D eigenvalue weighted by molar-refractivity contribution is -0.137. The van der Waals surface area contributed by atoms with E-state index < -0.39 is 45.5 Å². The minimum absolute atomic E-state index is 0.239. The van der Waals surface area contributed by atoms with Gasteiger partial charge in [-0.3, -0.25) is 4.79 Å². The van der Waals surface area contributed by atoms with E-state index in [1.807, 2.05) is 0 Å². The summed E-state index contributed by atoms with van der Waals surface area (Å²) in [5.74, 6) is -1.37. The maximum absolute atomic E-state index is 13.0. The van der Waals surface area contributed by atoms with Gasteiger partial charge in [0.2, 0.25) is 5.78 Å². The van der Waals surface area contributed by atoms with Crippen molar-refractivity contribution in [3.05, 3.63) is 39.0 Å². The molecule has 6 nitrogen and oxygen atoms in total. The summed E-state index contributed by atoms with van der Waals surface area (Å²) in [4.78, 5) is 17.4. The molecule has 0 N–H and O–H groups in total. The average molecular weight is 436 g/mol. The molecule has 0 radical (unpaired) electrons. The van der Waals surface area contributed by atoms with Crippen LogP contribution in [0.3, 0.4) is 0 Å². The molecule has 12 heteroatoms. The van der Waals surface area contributed by atoms with Gasteiger partial charge in [0.05, 0.1) is 21.9 Å². The molecule has 0 atom stereocenters. The minimum atomic E-state index is -4.70. The predicted molar refractivity (Wildman–Crippen MR) is 95.4 cm³/mol. The van der Waals surface area contributed by atoms with E-state index in [-0.39, 0.29) is 11.5 Å². The fourth-order valence-electron chi connectivity index (χ4n) is 2.19. The Bertz CT molecular complexity index is 969. The van der Waals surface area contributed by atoms with Crippen LogP contribution < -0.4 is 0 Å². The molecule has 0 unspecified atom stereocenters. The van der Waals surface area contributed by atoms with Gasteiger partial charge in [-0.05, 0) is 12.1 Å². The van der Waals surface area contributed by atoms with Gasteiger partial charge in [0.15, 0.2) is 18.2 Å². The Balaban J connectivity index is 2.84. The van der Waals surface area contributed by atoms with Crippen LogP contribution in [0.1, 0.15) is 21.6 Å². The summed E-state index contributed by atoms with van der Waals surface area (Å²) in [7, 11) is 3.20. The van der Waals surface area contributed by atoms with Gasteiger partial charge < -0.3 is 4.90 Å². The fraction of sp³-hybridized carbons (Fsp3) is 0.250. The molecule has 0 fully saturated rings. The van der Waals surface area contributed by atoms with Crippen LogP contribution in [0.2, 0.25) is 10.0 Å². The summed E-state index contributed by atoms with van der Waals surface area (Å²) in [5, 5.41) is 12.2. The fourth-order valence-corrected chi connectivity index (χ4v) is 2.83. The zero-order valence-electron chi connectivity index (χ0n) is 14.4. The van der Waals surface area contributed by atoms with Gasteiger partial charge in [-0.15, -0.1) is 0 Å². The summed E-state index contributed by atoms with van der Waals surface area (Å²) >= 11 is 12.0. The number of hydrogen-bond acceptors (Lipinski definition) is 4. The lowest BCUT2D eigenvalue weighted by atomic mass is 10.1. The van der Waals surface area contributed by atoms with Crippen LogP contribution in [0.5, 0.6) is 0 Å². The molecule has 2 rings (SSSR count). The molecule has 1 aromatic carbocycles. The van der Waals surface area contributed by atoms with E-state index in [1.54, 1.807) is 20.2 Å². The highest BCUT2D eigenvalue weighted by Gasteiger charge is 2.33. The number of hydrogen-bond donors (Lipinski definition) is 0. The van der Waals surface area contributed by atoms with E-state index in [1.165, 1.54) is 11.2 Å². The van der Waals surface area contributed by atoms with Gasteiger partial charge in [0.1, 0.15) is 17.3 Å². The van der Waals surface area contributed by atoms with E-state index in [4.69, 9.17) is 23.2 Å². The smallest absolute Gasteiger partial charge is 0.369 e. The first-order valence-electron chi connectivity index (χ1n) is 7.40. The third-order valence-electron chi connectivity index (χ3n) is 3.33. The molecule has 148 valence electrons. The molecule has 2 aromatic rings. The summed E-state index contributed by atoms with van der Waals surface area (Å²) in [6, 6.07) is 2.87. The Hall–Kier alpha value is -2.64. The zero-order valence-corrected chi connectivity index (χ0v) is 15.9. The van der Waals surface area contributed by atoms with Crippen molar-refractivity contribution < 1.29 is 22.4 Å². The first-order valence-corrected chi connectivity index (χ1v) is 8.16. The van der Waals surface area contributed by atoms with Crippen molar-refractivity contribution in [1.29, 1.82) is 5.26 Å². The van der Waals surface area contributed by atoms with Crippen molar-refractivity contribution in [1.82, 2.24) is 14.7 Å². The summed E-state index contributed by atoms with van der Waals surface area (Å²) in [6.45, 7) is -1.43. The molecule has 0 saturated heterocycles. The number of Topliss-reactive ketones (excluding diaryl/α,β-unsaturated/α-hetero) is 1. The van der Waals surface area contributed by atoms with Crippen molar-refractivity contribution in [3.8, 4) is 11.8 Å². The predicted octanol–water partition coefficient (Wildman–Crippen LogP) is 4.44. The van der Waals surface area contributed by atoms with Crippen molar-refractivity contribution >= 4 is 41.1 Å². The summed E-state index contributed by atoms with van der Waals surface area (Å²) in [5.41, 5.74) is -2.25. The van der Waals surface area contributed by atoms with Crippen molar-refractivity contribution in [3.63, 3.8) is 0 Å². The average Bonchev–Trinajstić information content (AvgIpc) is 2.96. The van der Waals surface area contributed by atoms with E-state index >= 15 is 0 Å². The molecule has 28 heavy (non-hydrogen) atoms. The molecule has 0 saturated carbocycles. The first-order chi connectivity index (χ1) is 13.0. The Morgan fingerprint density at radius 1 is 1.36 bits per heavy atom. The van der Waals surface area contributed by atoms with Gasteiger partial charge in [-0.2, -0.15) is 23.5 Å². The number of ketones is 1. The third-order valence-corrected chi connectivity index (χ3v) is 3.91. The number of rotatable bonds is 5. The van der Waals surface area contributed by atoms with Crippen molar-refractivity contribution in [2.45, 2.75) is 6.18 Å². The number of carbonyl (C=O) groups is 1. The van der Waals surface area contributed by atoms with Crippen LogP contribution in [0, 0.1) is 11.3 Å². The highest BCUT2D eigenvalue weighted by atomic mass is 35.5. The third kappa shape index (κ3) is 4.26. The summed E-state index contributed by atoms with van der Waals surface area (Å²) < 4.78 is 52.7. The van der Waals surface area contributed by atoms with Crippen LogP contribution in [0.25, 0.3) is 5.69 Å². The second-order valence-corrected chi connectivity index (χ2v) is 6.44. The lowest BCUT2D eigenvalue weighted by Gasteiger charge is -2.13. The molecule has 0 aliphatic rings. The van der Waals surface area contributed by atoms with E-state index in [2.05, 4.69) is 10.1 Å². The van der Waals surface area contributed by atoms with Gasteiger partial charge in [-0.25, -0.2) is 14.1 Å². The topological polar surface area (TPSA) is 74.3 Å². The molecule has 0 aliphatic carbocycles. The van der Waals surface area contributed by atoms with E-state index in [0.717, 1.165) is 4.68 Å². The molecule has 0 aliphatic heterocycles. The monoisotopic (exact) mass is 435 g/mol. The van der Waals surface area contributed by atoms with Crippen molar-refractivity contribution in [2.75, 3.05) is 20.8 Å². The van der Waals surface area contributed by atoms with Gasteiger partial charge >= 0.3 is 6.18 Å². The maximum Gasteiger partial charge on any atom is 0.416 e. The maximum atomic E-state index is 13.0. The van der Waals surface area contributed by atoms with Crippen LogP contribution >= 0.6 is 23.2 Å². The van der Waals surface area contributed by atoms with Crippen LogP contribution in [0.4, 0.5) is 23.4 Å². The number of nitrogens with zero attached hydrogens (tertiary/aromatic N) is 5. The first kappa shape index (κ1) is 21.7. The number of aromatic nitrogens is 2. The van der Waals surface area contributed by atoms with Gasteiger partial charge in [-0.1, -0.05) is 23.2 Å². The lowest BCUT2D eigenvalue weighted by Crippen LogP contribution is -2.09. The molecule has 1 aromatic heterocycles. The number of halogens is 6.